The average molecular weight is 96.7 g/mol. The third-order valence-electron chi connectivity index (χ3n) is 1.26. The van der Waals surface area contributed by atoms with Crippen LogP contribution >= 0.6 is 0 Å². The summed E-state index contributed by atoms with van der Waals surface area (Å²) in [5.41, 5.74) is 0. The van der Waals surface area contributed by atoms with E-state index in [1.54, 1.807) is 0 Å². The Hall–Kier alpha value is 0.0499. The molecule has 0 aromatic carbocycles. The SMILES string of the molecule is O[B]B(O)C1CC1. The highest BCUT2D eigenvalue weighted by Gasteiger charge is 2.33. The minimum atomic E-state index is -0.556. The lowest BCUT2D eigenvalue weighted by molar-refractivity contribution is 0.560. The molecule has 7 heavy (non-hydrogen) atoms. The van der Waals surface area contributed by atoms with Gasteiger partial charge in [0.1, 0.15) is 0 Å². The Kier molecular flexibility index (Phi) is 1.40. The molecule has 0 saturated heterocycles. The molecular formula is C3H7B2O2. The number of rotatable bonds is 2. The van der Waals surface area contributed by atoms with E-state index < -0.39 is 6.81 Å². The third kappa shape index (κ3) is 1.21. The van der Waals surface area contributed by atoms with Crippen molar-refractivity contribution in [2.24, 2.45) is 0 Å². The zero-order chi connectivity index (χ0) is 5.28. The van der Waals surface area contributed by atoms with Crippen LogP contribution in [-0.4, -0.2) is 24.2 Å². The quantitative estimate of drug-likeness (QED) is 0.444. The second-order valence-electron chi connectivity index (χ2n) is 1.98. The van der Waals surface area contributed by atoms with Crippen molar-refractivity contribution < 1.29 is 10.0 Å². The molecule has 2 N–H and O–H groups in total. The predicted molar refractivity (Wildman–Crippen MR) is 28.9 cm³/mol. The van der Waals surface area contributed by atoms with Crippen LogP contribution < -0.4 is 0 Å². The summed E-state index contributed by atoms with van der Waals surface area (Å²) >= 11 is 0. The van der Waals surface area contributed by atoms with Gasteiger partial charge in [0, 0.05) is 0 Å². The van der Waals surface area contributed by atoms with Crippen LogP contribution in [-0.2, 0) is 0 Å². The van der Waals surface area contributed by atoms with Crippen molar-refractivity contribution in [3.05, 3.63) is 0 Å². The van der Waals surface area contributed by atoms with Gasteiger partial charge in [-0.3, -0.25) is 0 Å². The molecule has 0 bridgehead atoms. The summed E-state index contributed by atoms with van der Waals surface area (Å²) in [4.78, 5) is 0. The molecule has 1 aliphatic carbocycles. The van der Waals surface area contributed by atoms with Gasteiger partial charge in [-0.1, -0.05) is 12.8 Å². The molecule has 1 rings (SSSR count). The van der Waals surface area contributed by atoms with Gasteiger partial charge in [-0.05, 0) is 5.82 Å². The molecule has 0 heterocycles. The molecule has 0 aromatic heterocycles. The van der Waals surface area contributed by atoms with Gasteiger partial charge in [-0.25, -0.2) is 0 Å². The van der Waals surface area contributed by atoms with E-state index in [0.717, 1.165) is 20.2 Å². The molecule has 0 atom stereocenters. The fourth-order valence-corrected chi connectivity index (χ4v) is 0.559. The predicted octanol–water partition coefficient (Wildman–Crippen LogP) is -0.758. The summed E-state index contributed by atoms with van der Waals surface area (Å²) in [5.74, 6) is 0.366. The highest BCUT2D eigenvalue weighted by molar-refractivity contribution is 7.06. The molecule has 4 heteroatoms. The van der Waals surface area contributed by atoms with Crippen LogP contribution in [0, 0.1) is 0 Å². The van der Waals surface area contributed by atoms with Crippen molar-refractivity contribution in [1.82, 2.24) is 0 Å². The normalized spacial score (nSPS) is 19.1. The Bertz CT molecular complexity index is 64.0. The monoisotopic (exact) mass is 97.1 g/mol. The average Bonchev–Trinajstić information content (AvgIpc) is 2.44. The van der Waals surface area contributed by atoms with E-state index in [2.05, 4.69) is 0 Å². The Morgan fingerprint density at radius 2 is 2.14 bits per heavy atom. The maximum absolute atomic E-state index is 8.69. The van der Waals surface area contributed by atoms with E-state index in [4.69, 9.17) is 10.0 Å². The smallest absolute Gasteiger partial charge is 0.284 e. The second-order valence-corrected chi connectivity index (χ2v) is 1.98. The van der Waals surface area contributed by atoms with Gasteiger partial charge >= 0.3 is 0 Å². The maximum Gasteiger partial charge on any atom is 0.284 e. The zero-order valence-corrected chi connectivity index (χ0v) is 4.04. The van der Waals surface area contributed by atoms with E-state index in [0.29, 0.717) is 5.82 Å². The van der Waals surface area contributed by atoms with Gasteiger partial charge in [0.25, 0.3) is 14.2 Å². The van der Waals surface area contributed by atoms with E-state index in [1.165, 1.54) is 0 Å². The fraction of sp³-hybridized carbons (Fsp3) is 1.00. The molecule has 1 saturated carbocycles. The van der Waals surface area contributed by atoms with Crippen LogP contribution in [0.4, 0.5) is 0 Å². The molecule has 0 aromatic rings. The molecule has 0 aliphatic heterocycles. The van der Waals surface area contributed by atoms with Crippen molar-refractivity contribution in [3.63, 3.8) is 0 Å². The first-order valence-corrected chi connectivity index (χ1v) is 2.50. The lowest BCUT2D eigenvalue weighted by Gasteiger charge is -1.91. The highest BCUT2D eigenvalue weighted by atomic mass is 16.2. The first kappa shape index (κ1) is 5.19. The molecular weight excluding hydrogens is 89.7 g/mol. The van der Waals surface area contributed by atoms with Gasteiger partial charge in [-0.15, -0.1) is 0 Å². The van der Waals surface area contributed by atoms with Gasteiger partial charge in [0.05, 0.1) is 0 Å². The van der Waals surface area contributed by atoms with E-state index in [-0.39, 0.29) is 0 Å². The summed E-state index contributed by atoms with van der Waals surface area (Å²) in [6, 6.07) is 0. The summed E-state index contributed by atoms with van der Waals surface area (Å²) in [6.45, 7) is -0.556. The maximum atomic E-state index is 8.69. The molecule has 1 fully saturated rings. The summed E-state index contributed by atoms with van der Waals surface area (Å²) in [7, 11) is 0.859. The summed E-state index contributed by atoms with van der Waals surface area (Å²) in [5, 5.41) is 16.9. The Morgan fingerprint density at radius 1 is 1.57 bits per heavy atom. The van der Waals surface area contributed by atoms with Crippen molar-refractivity contribution in [2.75, 3.05) is 0 Å². The summed E-state index contributed by atoms with van der Waals surface area (Å²) in [6.07, 6.45) is 2.14. The number of hydrogen-bond acceptors (Lipinski definition) is 2. The lowest BCUT2D eigenvalue weighted by Crippen LogP contribution is -2.21. The van der Waals surface area contributed by atoms with Crippen LogP contribution in [0.5, 0.6) is 0 Å². The standard InChI is InChI=1S/C3H7B2O2/c6-4-5(7)3-1-2-3/h3,6-7H,1-2H2. The van der Waals surface area contributed by atoms with Gasteiger partial charge < -0.3 is 10.0 Å². The van der Waals surface area contributed by atoms with Crippen LogP contribution in [0.2, 0.25) is 5.82 Å². The minimum absolute atomic E-state index is 0.366. The zero-order valence-electron chi connectivity index (χ0n) is 4.04. The van der Waals surface area contributed by atoms with Crippen LogP contribution in [0.25, 0.3) is 0 Å². The fourth-order valence-electron chi connectivity index (χ4n) is 0.559. The Labute approximate surface area is 43.9 Å². The molecule has 2 nitrogen and oxygen atoms in total. The van der Waals surface area contributed by atoms with Crippen molar-refractivity contribution in [3.8, 4) is 0 Å². The van der Waals surface area contributed by atoms with Gasteiger partial charge in [0.15, 0.2) is 0 Å². The van der Waals surface area contributed by atoms with E-state index in [1.807, 2.05) is 0 Å². The second kappa shape index (κ2) is 1.88. The van der Waals surface area contributed by atoms with Crippen molar-refractivity contribution in [2.45, 2.75) is 18.7 Å². The molecule has 0 amide bonds. The largest absolute Gasteiger partial charge is 0.461 e. The van der Waals surface area contributed by atoms with Crippen molar-refractivity contribution >= 4 is 14.2 Å². The van der Waals surface area contributed by atoms with Gasteiger partial charge in [-0.2, -0.15) is 0 Å². The third-order valence-corrected chi connectivity index (χ3v) is 1.26. The van der Waals surface area contributed by atoms with Crippen molar-refractivity contribution in [1.29, 1.82) is 0 Å². The lowest BCUT2D eigenvalue weighted by atomic mass is 9.39. The van der Waals surface area contributed by atoms with Gasteiger partial charge in [0.2, 0.25) is 0 Å². The number of hydrogen-bond donors (Lipinski definition) is 2. The molecule has 1 radical (unpaired) electrons. The minimum Gasteiger partial charge on any atom is -0.461 e. The Balaban J connectivity index is 2.10. The highest BCUT2D eigenvalue weighted by Crippen LogP contribution is 2.37. The molecule has 0 unspecified atom stereocenters. The van der Waals surface area contributed by atoms with E-state index >= 15 is 0 Å². The first-order valence-electron chi connectivity index (χ1n) is 2.50. The van der Waals surface area contributed by atoms with Crippen LogP contribution in [0.3, 0.4) is 0 Å². The molecule has 0 spiro atoms. The van der Waals surface area contributed by atoms with Crippen LogP contribution in [0.15, 0.2) is 0 Å². The molecule has 37 valence electrons. The first-order chi connectivity index (χ1) is 3.34. The Morgan fingerprint density at radius 3 is 2.29 bits per heavy atom. The van der Waals surface area contributed by atoms with Crippen LogP contribution in [0.1, 0.15) is 12.8 Å². The molecule has 1 aliphatic rings. The topological polar surface area (TPSA) is 40.5 Å². The van der Waals surface area contributed by atoms with E-state index in [9.17, 15) is 0 Å². The summed E-state index contributed by atoms with van der Waals surface area (Å²) < 4.78 is 0.